The highest BCUT2D eigenvalue weighted by Crippen LogP contribution is 2.49. The van der Waals surface area contributed by atoms with Crippen LogP contribution in [0.5, 0.6) is 0 Å². The van der Waals surface area contributed by atoms with Gasteiger partial charge in [-0.2, -0.15) is 0 Å². The van der Waals surface area contributed by atoms with E-state index in [1.165, 1.54) is 0 Å². The van der Waals surface area contributed by atoms with Crippen LogP contribution in [0.2, 0.25) is 0 Å². The SMILES string of the molecule is C[C@]1(O)C[C@](O)(c2cccc(-c3csc(-c4c[nH]c5ncccc45)n3)c2)c2ncccc21. The molecular formula is C25H20N4O2S. The third-order valence-corrected chi connectivity index (χ3v) is 7.08. The van der Waals surface area contributed by atoms with Gasteiger partial charge in [-0.1, -0.05) is 24.3 Å². The fourth-order valence-corrected chi connectivity index (χ4v) is 5.54. The number of aromatic nitrogens is 4. The topological polar surface area (TPSA) is 94.9 Å². The smallest absolute Gasteiger partial charge is 0.137 e. The van der Waals surface area contributed by atoms with E-state index in [4.69, 9.17) is 4.98 Å². The number of nitrogens with one attached hydrogen (secondary N) is 1. The van der Waals surface area contributed by atoms with Crippen molar-refractivity contribution in [3.63, 3.8) is 0 Å². The van der Waals surface area contributed by atoms with E-state index in [0.717, 1.165) is 32.9 Å². The molecule has 0 spiro atoms. The summed E-state index contributed by atoms with van der Waals surface area (Å²) < 4.78 is 0. The summed E-state index contributed by atoms with van der Waals surface area (Å²) in [6.45, 7) is 1.72. The lowest BCUT2D eigenvalue weighted by molar-refractivity contribution is -0.0143. The zero-order valence-corrected chi connectivity index (χ0v) is 18.1. The molecule has 6 nitrogen and oxygen atoms in total. The number of aromatic amines is 1. The Hall–Kier alpha value is -3.39. The van der Waals surface area contributed by atoms with E-state index in [-0.39, 0.29) is 6.42 Å². The molecule has 0 aliphatic heterocycles. The molecule has 4 heterocycles. The minimum atomic E-state index is -1.36. The van der Waals surface area contributed by atoms with Gasteiger partial charge in [-0.25, -0.2) is 9.97 Å². The Morgan fingerprint density at radius 2 is 1.88 bits per heavy atom. The Morgan fingerprint density at radius 3 is 2.78 bits per heavy atom. The predicted octanol–water partition coefficient (Wildman–Crippen LogP) is 4.60. The van der Waals surface area contributed by atoms with Crippen molar-refractivity contribution in [3.8, 4) is 21.8 Å². The van der Waals surface area contributed by atoms with Crippen molar-refractivity contribution in [2.24, 2.45) is 0 Å². The van der Waals surface area contributed by atoms with Crippen molar-refractivity contribution < 1.29 is 10.2 Å². The van der Waals surface area contributed by atoms with Crippen LogP contribution in [-0.2, 0) is 11.2 Å². The molecule has 0 unspecified atom stereocenters. The van der Waals surface area contributed by atoms with Gasteiger partial charge in [-0.05, 0) is 36.8 Å². The lowest BCUT2D eigenvalue weighted by Gasteiger charge is -2.25. The zero-order valence-electron chi connectivity index (χ0n) is 17.3. The van der Waals surface area contributed by atoms with Crippen molar-refractivity contribution in [1.82, 2.24) is 19.9 Å². The van der Waals surface area contributed by atoms with Crippen molar-refractivity contribution >= 4 is 22.4 Å². The summed E-state index contributed by atoms with van der Waals surface area (Å²) in [5.41, 5.74) is 2.94. The third kappa shape index (κ3) is 2.82. The quantitative estimate of drug-likeness (QED) is 0.381. The zero-order chi connectivity index (χ0) is 21.9. The molecule has 0 saturated heterocycles. The van der Waals surface area contributed by atoms with Crippen LogP contribution in [0.15, 0.2) is 72.5 Å². The predicted molar refractivity (Wildman–Crippen MR) is 124 cm³/mol. The van der Waals surface area contributed by atoms with Gasteiger partial charge in [0, 0.05) is 52.5 Å². The first-order chi connectivity index (χ1) is 15.5. The minimum Gasteiger partial charge on any atom is -0.385 e. The fourth-order valence-electron chi connectivity index (χ4n) is 4.68. The average Bonchev–Trinajstić information content (AvgIpc) is 3.50. The Morgan fingerprint density at radius 1 is 1.03 bits per heavy atom. The van der Waals surface area contributed by atoms with Crippen molar-refractivity contribution in [1.29, 1.82) is 0 Å². The molecule has 0 radical (unpaired) electrons. The Labute approximate surface area is 188 Å². The molecule has 1 aliphatic rings. The molecular weight excluding hydrogens is 420 g/mol. The number of pyridine rings is 2. The highest BCUT2D eigenvalue weighted by Gasteiger charge is 2.50. The first-order valence-corrected chi connectivity index (χ1v) is 11.2. The molecule has 0 bridgehead atoms. The Bertz CT molecular complexity index is 1470. The van der Waals surface area contributed by atoms with E-state index in [1.54, 1.807) is 36.7 Å². The number of aliphatic hydroxyl groups is 2. The van der Waals surface area contributed by atoms with E-state index in [1.807, 2.05) is 54.0 Å². The highest BCUT2D eigenvalue weighted by atomic mass is 32.1. The maximum absolute atomic E-state index is 11.6. The Kier molecular flexibility index (Phi) is 4.10. The normalized spacial score (nSPS) is 22.3. The molecule has 2 atom stereocenters. The van der Waals surface area contributed by atoms with Gasteiger partial charge < -0.3 is 15.2 Å². The number of hydrogen-bond donors (Lipinski definition) is 3. The van der Waals surface area contributed by atoms with Crippen LogP contribution in [0.4, 0.5) is 0 Å². The number of thiazole rings is 1. The lowest BCUT2D eigenvalue weighted by Crippen LogP contribution is -2.28. The largest absolute Gasteiger partial charge is 0.385 e. The molecule has 0 saturated carbocycles. The van der Waals surface area contributed by atoms with E-state index in [2.05, 4.69) is 15.0 Å². The summed E-state index contributed by atoms with van der Waals surface area (Å²) in [6, 6.07) is 15.3. The number of rotatable bonds is 3. The summed E-state index contributed by atoms with van der Waals surface area (Å²) in [5, 5.41) is 26.5. The number of H-pyrrole nitrogens is 1. The standard InChI is InChI=1S/C25H20N4O2S/c1-24(30)14-25(31,21-19(24)8-4-9-26-21)16-6-2-5-15(11-16)20-13-32-23(29-20)18-12-28-22-17(18)7-3-10-27-22/h2-13,30-31H,14H2,1H3,(H,27,28)/t24-,25-/m0/s1. The van der Waals surface area contributed by atoms with Gasteiger partial charge in [-0.15, -0.1) is 11.3 Å². The average molecular weight is 441 g/mol. The maximum atomic E-state index is 11.6. The van der Waals surface area contributed by atoms with Gasteiger partial charge in [-0.3, -0.25) is 4.98 Å². The van der Waals surface area contributed by atoms with Gasteiger partial charge in [0.2, 0.25) is 0 Å². The third-order valence-electron chi connectivity index (χ3n) is 6.20. The summed E-state index contributed by atoms with van der Waals surface area (Å²) in [4.78, 5) is 16.8. The van der Waals surface area contributed by atoms with Crippen LogP contribution >= 0.6 is 11.3 Å². The van der Waals surface area contributed by atoms with E-state index in [0.29, 0.717) is 16.8 Å². The van der Waals surface area contributed by atoms with Crippen molar-refractivity contribution in [2.45, 2.75) is 24.5 Å². The molecule has 1 aromatic carbocycles. The maximum Gasteiger partial charge on any atom is 0.137 e. The van der Waals surface area contributed by atoms with Gasteiger partial charge in [0.05, 0.1) is 17.0 Å². The Balaban J connectivity index is 1.41. The molecule has 0 amide bonds. The first-order valence-electron chi connectivity index (χ1n) is 10.4. The second-order valence-corrected chi connectivity index (χ2v) is 9.29. The molecule has 32 heavy (non-hydrogen) atoms. The van der Waals surface area contributed by atoms with Gasteiger partial charge in [0.25, 0.3) is 0 Å². The second-order valence-electron chi connectivity index (χ2n) is 8.43. The molecule has 158 valence electrons. The van der Waals surface area contributed by atoms with Gasteiger partial charge >= 0.3 is 0 Å². The number of hydrogen-bond acceptors (Lipinski definition) is 6. The number of nitrogens with zero attached hydrogens (tertiary/aromatic N) is 3. The molecule has 5 aromatic rings. The first kappa shape index (κ1) is 19.3. The van der Waals surface area contributed by atoms with Crippen LogP contribution in [0.3, 0.4) is 0 Å². The molecule has 1 aliphatic carbocycles. The fraction of sp³-hybridized carbons (Fsp3) is 0.160. The van der Waals surface area contributed by atoms with Crippen LogP contribution in [-0.4, -0.2) is 30.1 Å². The van der Waals surface area contributed by atoms with Crippen LogP contribution < -0.4 is 0 Å². The van der Waals surface area contributed by atoms with Crippen LogP contribution in [0.1, 0.15) is 30.2 Å². The minimum absolute atomic E-state index is 0.153. The number of fused-ring (bicyclic) bond motifs is 2. The van der Waals surface area contributed by atoms with Crippen molar-refractivity contribution in [2.75, 3.05) is 0 Å². The monoisotopic (exact) mass is 440 g/mol. The van der Waals surface area contributed by atoms with Gasteiger partial charge in [0.1, 0.15) is 16.3 Å². The lowest BCUT2D eigenvalue weighted by atomic mass is 9.88. The van der Waals surface area contributed by atoms with E-state index < -0.39 is 11.2 Å². The molecule has 7 heteroatoms. The van der Waals surface area contributed by atoms with E-state index in [9.17, 15) is 10.2 Å². The number of benzene rings is 1. The highest BCUT2D eigenvalue weighted by molar-refractivity contribution is 7.13. The summed E-state index contributed by atoms with van der Waals surface area (Å²) in [5.74, 6) is 0. The summed E-state index contributed by atoms with van der Waals surface area (Å²) in [6.07, 6.45) is 5.50. The summed E-state index contributed by atoms with van der Waals surface area (Å²) >= 11 is 1.57. The summed E-state index contributed by atoms with van der Waals surface area (Å²) in [7, 11) is 0. The van der Waals surface area contributed by atoms with E-state index >= 15 is 0 Å². The van der Waals surface area contributed by atoms with Gasteiger partial charge in [0.15, 0.2) is 0 Å². The van der Waals surface area contributed by atoms with Crippen LogP contribution in [0, 0.1) is 0 Å². The molecule has 4 aromatic heterocycles. The molecule has 0 fully saturated rings. The van der Waals surface area contributed by atoms with Crippen LogP contribution in [0.25, 0.3) is 32.9 Å². The second kappa shape index (κ2) is 6.80. The van der Waals surface area contributed by atoms with Crippen molar-refractivity contribution in [3.05, 3.63) is 89.3 Å². The molecule has 6 rings (SSSR count). The molecule has 3 N–H and O–H groups in total.